The first kappa shape index (κ1) is 25.1. The summed E-state index contributed by atoms with van der Waals surface area (Å²) < 4.78 is 43.9. The highest BCUT2D eigenvalue weighted by Crippen LogP contribution is 2.27. The number of ether oxygens (including phenoxy) is 3. The van der Waals surface area contributed by atoms with Crippen LogP contribution in [0.4, 0.5) is 0 Å². The summed E-state index contributed by atoms with van der Waals surface area (Å²) in [7, 11) is -0.608. The third-order valence-electron chi connectivity index (χ3n) is 5.07. The van der Waals surface area contributed by atoms with E-state index < -0.39 is 10.0 Å². The highest BCUT2D eigenvalue weighted by Gasteiger charge is 2.18. The summed E-state index contributed by atoms with van der Waals surface area (Å²) in [5, 5.41) is 2.76. The normalized spacial score (nSPS) is 12.0. The Labute approximate surface area is 199 Å². The fourth-order valence-electron chi connectivity index (χ4n) is 3.22. The molecule has 3 rings (SSSR count). The van der Waals surface area contributed by atoms with E-state index in [0.29, 0.717) is 23.8 Å². The molecule has 0 aliphatic rings. The van der Waals surface area contributed by atoms with Crippen LogP contribution in [0, 0.1) is 0 Å². The van der Waals surface area contributed by atoms with Gasteiger partial charge in [0.25, 0.3) is 5.91 Å². The molecule has 2 N–H and O–H groups in total. The molecule has 9 heteroatoms. The molecule has 0 saturated heterocycles. The van der Waals surface area contributed by atoms with Crippen molar-refractivity contribution in [2.24, 2.45) is 0 Å². The maximum Gasteiger partial charge on any atom is 0.258 e. The van der Waals surface area contributed by atoms with Crippen LogP contribution in [-0.4, -0.2) is 35.2 Å². The lowest BCUT2D eigenvalue weighted by atomic mass is 10.1. The van der Waals surface area contributed by atoms with Gasteiger partial charge in [0.15, 0.2) is 18.1 Å². The van der Waals surface area contributed by atoms with Crippen molar-refractivity contribution in [3.05, 3.63) is 83.9 Å². The van der Waals surface area contributed by atoms with Crippen LogP contribution in [0.25, 0.3) is 0 Å². The van der Waals surface area contributed by atoms with E-state index in [1.807, 2.05) is 36.4 Å². The molecule has 180 valence electrons. The molecule has 0 aliphatic heterocycles. The minimum atomic E-state index is -3.71. The maximum absolute atomic E-state index is 12.7. The highest BCUT2D eigenvalue weighted by molar-refractivity contribution is 7.89. The molecule has 0 aliphatic carbocycles. The second kappa shape index (κ2) is 11.5. The predicted molar refractivity (Wildman–Crippen MR) is 129 cm³/mol. The number of methoxy groups -OCH3 is 2. The third kappa shape index (κ3) is 6.72. The van der Waals surface area contributed by atoms with Crippen molar-refractivity contribution in [1.82, 2.24) is 10.0 Å². The van der Waals surface area contributed by atoms with Crippen LogP contribution in [-0.2, 0) is 21.4 Å². The Balaban J connectivity index is 1.51. The summed E-state index contributed by atoms with van der Waals surface area (Å²) in [6.07, 6.45) is 0. The molecule has 3 aromatic carbocycles. The number of sulfonamides is 1. The summed E-state index contributed by atoms with van der Waals surface area (Å²) in [5.74, 6) is 1.26. The minimum absolute atomic E-state index is 0.112. The lowest BCUT2D eigenvalue weighted by Crippen LogP contribution is -2.28. The second-order valence-corrected chi connectivity index (χ2v) is 9.19. The number of nitrogens with one attached hydrogen (secondary N) is 2. The van der Waals surface area contributed by atoms with E-state index in [-0.39, 0.29) is 23.5 Å². The fraction of sp³-hybridized carbons (Fsp3) is 0.240. The molecule has 0 aromatic heterocycles. The first-order valence-electron chi connectivity index (χ1n) is 10.6. The van der Waals surface area contributed by atoms with Crippen LogP contribution in [0.2, 0.25) is 0 Å². The van der Waals surface area contributed by atoms with Crippen molar-refractivity contribution in [1.29, 1.82) is 0 Å². The molecule has 3 aromatic rings. The zero-order valence-corrected chi connectivity index (χ0v) is 20.1. The Morgan fingerprint density at radius 2 is 1.59 bits per heavy atom. The zero-order chi connectivity index (χ0) is 24.6. The summed E-state index contributed by atoms with van der Waals surface area (Å²) in [4.78, 5) is 12.3. The quantitative estimate of drug-likeness (QED) is 0.432. The molecule has 0 bridgehead atoms. The van der Waals surface area contributed by atoms with Crippen molar-refractivity contribution >= 4 is 15.9 Å². The molecule has 0 radical (unpaired) electrons. The van der Waals surface area contributed by atoms with Crippen molar-refractivity contribution in [3.63, 3.8) is 0 Å². The van der Waals surface area contributed by atoms with Crippen LogP contribution < -0.4 is 24.2 Å². The zero-order valence-electron chi connectivity index (χ0n) is 19.3. The van der Waals surface area contributed by atoms with Crippen LogP contribution in [0.15, 0.2) is 77.7 Å². The highest BCUT2D eigenvalue weighted by atomic mass is 32.2. The third-order valence-corrected chi connectivity index (χ3v) is 6.63. The van der Waals surface area contributed by atoms with E-state index >= 15 is 0 Å². The summed E-state index contributed by atoms with van der Waals surface area (Å²) >= 11 is 0. The number of amides is 1. The van der Waals surface area contributed by atoms with E-state index in [2.05, 4.69) is 10.0 Å². The summed E-state index contributed by atoms with van der Waals surface area (Å²) in [6.45, 7) is 1.87. The topological polar surface area (TPSA) is 103 Å². The number of hydrogen-bond donors (Lipinski definition) is 2. The van der Waals surface area contributed by atoms with Gasteiger partial charge >= 0.3 is 0 Å². The molecule has 0 fully saturated rings. The second-order valence-electron chi connectivity index (χ2n) is 7.48. The van der Waals surface area contributed by atoms with Crippen molar-refractivity contribution < 1.29 is 27.4 Å². The first-order valence-corrected chi connectivity index (χ1v) is 12.1. The number of hydrogen-bond acceptors (Lipinski definition) is 6. The molecule has 34 heavy (non-hydrogen) atoms. The van der Waals surface area contributed by atoms with E-state index in [1.54, 1.807) is 33.3 Å². The van der Waals surface area contributed by atoms with Gasteiger partial charge in [0.05, 0.1) is 19.1 Å². The van der Waals surface area contributed by atoms with Gasteiger partial charge < -0.3 is 19.5 Å². The van der Waals surface area contributed by atoms with Gasteiger partial charge in [0.1, 0.15) is 5.75 Å². The summed E-state index contributed by atoms with van der Waals surface area (Å²) in [5.41, 5.74) is 1.71. The Morgan fingerprint density at radius 1 is 0.912 bits per heavy atom. The van der Waals surface area contributed by atoms with E-state index in [4.69, 9.17) is 14.2 Å². The maximum atomic E-state index is 12.7. The first-order chi connectivity index (χ1) is 16.3. The fourth-order valence-corrected chi connectivity index (χ4v) is 4.45. The van der Waals surface area contributed by atoms with Gasteiger partial charge in [-0.2, -0.15) is 0 Å². The summed E-state index contributed by atoms with van der Waals surface area (Å²) in [6, 6.07) is 20.2. The van der Waals surface area contributed by atoms with Crippen LogP contribution >= 0.6 is 0 Å². The molecule has 0 heterocycles. The average Bonchev–Trinajstić information content (AvgIpc) is 2.86. The SMILES string of the molecule is COc1ccc(CNC(=O)COc2ccc(S(=O)(=O)NC(C)c3ccccc3)cc2)cc1OC. The average molecular weight is 485 g/mol. The van der Waals surface area contributed by atoms with E-state index in [1.165, 1.54) is 24.3 Å². The van der Waals surface area contributed by atoms with Gasteiger partial charge in [-0.3, -0.25) is 4.79 Å². The van der Waals surface area contributed by atoms with Crippen molar-refractivity contribution in [2.75, 3.05) is 20.8 Å². The van der Waals surface area contributed by atoms with Crippen LogP contribution in [0.1, 0.15) is 24.1 Å². The molecular formula is C25H28N2O6S. The van der Waals surface area contributed by atoms with E-state index in [9.17, 15) is 13.2 Å². The Bertz CT molecular complexity index is 1200. The molecule has 0 spiro atoms. The van der Waals surface area contributed by atoms with Gasteiger partial charge in [-0.25, -0.2) is 13.1 Å². The van der Waals surface area contributed by atoms with Gasteiger partial charge in [-0.15, -0.1) is 0 Å². The molecule has 8 nitrogen and oxygen atoms in total. The molecule has 1 atom stereocenters. The number of rotatable bonds is 11. The lowest BCUT2D eigenvalue weighted by Gasteiger charge is -2.15. The van der Waals surface area contributed by atoms with Crippen molar-refractivity contribution in [3.8, 4) is 17.2 Å². The van der Waals surface area contributed by atoms with E-state index in [0.717, 1.165) is 11.1 Å². The van der Waals surface area contributed by atoms with Gasteiger partial charge in [-0.05, 0) is 54.4 Å². The number of carbonyl (C=O) groups excluding carboxylic acids is 1. The van der Waals surface area contributed by atoms with Gasteiger partial charge in [0.2, 0.25) is 10.0 Å². The van der Waals surface area contributed by atoms with Crippen LogP contribution in [0.5, 0.6) is 17.2 Å². The van der Waals surface area contributed by atoms with Gasteiger partial charge in [-0.1, -0.05) is 36.4 Å². The smallest absolute Gasteiger partial charge is 0.258 e. The van der Waals surface area contributed by atoms with Crippen molar-refractivity contribution in [2.45, 2.75) is 24.4 Å². The Morgan fingerprint density at radius 3 is 2.24 bits per heavy atom. The number of carbonyl (C=O) groups is 1. The largest absolute Gasteiger partial charge is 0.493 e. The Kier molecular flexibility index (Phi) is 8.50. The standard InChI is InChI=1S/C25H28N2O6S/c1-18(20-7-5-4-6-8-20)27-34(29,30)22-12-10-21(11-13-22)33-17-25(28)26-16-19-9-14-23(31-2)24(15-19)32-3/h4-15,18,27H,16-17H2,1-3H3,(H,26,28). The Hall–Kier alpha value is -3.56. The molecule has 1 amide bonds. The molecular weight excluding hydrogens is 456 g/mol. The number of benzene rings is 3. The monoisotopic (exact) mass is 484 g/mol. The van der Waals surface area contributed by atoms with Crippen LogP contribution in [0.3, 0.4) is 0 Å². The lowest BCUT2D eigenvalue weighted by molar-refractivity contribution is -0.123. The predicted octanol–water partition coefficient (Wildman–Crippen LogP) is 3.44. The van der Waals surface area contributed by atoms with Gasteiger partial charge in [0, 0.05) is 12.6 Å². The minimum Gasteiger partial charge on any atom is -0.493 e. The molecule has 0 saturated carbocycles. The molecule has 1 unspecified atom stereocenters.